The molecule has 0 atom stereocenters. The van der Waals surface area contributed by atoms with Crippen molar-refractivity contribution in [1.29, 1.82) is 5.26 Å². The van der Waals surface area contributed by atoms with Gasteiger partial charge in [-0.05, 0) is 31.9 Å². The van der Waals surface area contributed by atoms with E-state index in [1.807, 2.05) is 24.0 Å². The van der Waals surface area contributed by atoms with Crippen LogP contribution in [0.4, 0.5) is 0 Å². The summed E-state index contributed by atoms with van der Waals surface area (Å²) in [6.07, 6.45) is 1.51. The fourth-order valence-corrected chi connectivity index (χ4v) is 4.62. The average Bonchev–Trinajstić information content (AvgIpc) is 3.12. The Morgan fingerprint density at radius 3 is 2.73 bits per heavy atom. The number of piperidine rings is 1. The molecule has 22 heavy (non-hydrogen) atoms. The van der Waals surface area contributed by atoms with Gasteiger partial charge in [0.1, 0.15) is 9.88 Å². The minimum absolute atomic E-state index is 0.0280. The van der Waals surface area contributed by atoms with Gasteiger partial charge in [-0.1, -0.05) is 11.6 Å². The van der Waals surface area contributed by atoms with Crippen molar-refractivity contribution in [3.8, 4) is 16.0 Å². The van der Waals surface area contributed by atoms with Crippen molar-refractivity contribution in [1.82, 2.24) is 9.88 Å². The van der Waals surface area contributed by atoms with E-state index in [-0.39, 0.29) is 11.8 Å². The van der Waals surface area contributed by atoms with E-state index < -0.39 is 0 Å². The molecule has 1 saturated heterocycles. The molecule has 0 aromatic carbocycles. The Bertz CT molecular complexity index is 738. The molecule has 7 heteroatoms. The molecule has 0 bridgehead atoms. The number of hydrogen-bond donors (Lipinski definition) is 0. The normalized spacial score (nSPS) is 15.8. The van der Waals surface area contributed by atoms with Crippen molar-refractivity contribution in [3.05, 3.63) is 27.0 Å². The molecule has 3 heterocycles. The number of aromatic nitrogens is 1. The summed E-state index contributed by atoms with van der Waals surface area (Å²) in [5.41, 5.74) is 0.761. The van der Waals surface area contributed by atoms with Crippen LogP contribution in [0.5, 0.6) is 0 Å². The number of carbonyl (C=O) groups excluding carboxylic acids is 1. The summed E-state index contributed by atoms with van der Waals surface area (Å²) in [5, 5.41) is 9.78. The van der Waals surface area contributed by atoms with Crippen molar-refractivity contribution in [2.24, 2.45) is 5.92 Å². The average molecular weight is 352 g/mol. The van der Waals surface area contributed by atoms with Crippen molar-refractivity contribution >= 4 is 40.2 Å². The molecule has 0 aliphatic carbocycles. The Labute approximate surface area is 142 Å². The summed E-state index contributed by atoms with van der Waals surface area (Å²) < 4.78 is 0.717. The molecule has 0 unspecified atom stereocenters. The third kappa shape index (κ3) is 3.02. The lowest BCUT2D eigenvalue weighted by molar-refractivity contribution is 0.0711. The highest BCUT2D eigenvalue weighted by Crippen LogP contribution is 2.35. The SMILES string of the molecule is Cc1nc(-c2ccc(Cl)s2)sc1C(=O)N1CCC(C#N)CC1. The molecule has 0 N–H and O–H groups in total. The number of thiazole rings is 1. The fourth-order valence-electron chi connectivity index (χ4n) is 2.48. The second kappa shape index (κ2) is 6.37. The van der Waals surface area contributed by atoms with Crippen LogP contribution >= 0.6 is 34.3 Å². The van der Waals surface area contributed by atoms with Gasteiger partial charge in [0.05, 0.1) is 21.0 Å². The Hall–Kier alpha value is -1.42. The standard InChI is InChI=1S/C15H14ClN3OS2/c1-9-13(15(20)19-6-4-10(8-17)5-7-19)22-14(18-9)11-2-3-12(16)21-11/h2-3,10H,4-7H2,1H3. The van der Waals surface area contributed by atoms with E-state index in [9.17, 15) is 4.79 Å². The number of amides is 1. The van der Waals surface area contributed by atoms with E-state index in [0.717, 1.165) is 28.4 Å². The third-order valence-electron chi connectivity index (χ3n) is 3.74. The number of hydrogen-bond acceptors (Lipinski definition) is 5. The van der Waals surface area contributed by atoms with Crippen molar-refractivity contribution in [2.45, 2.75) is 19.8 Å². The molecule has 2 aromatic rings. The van der Waals surface area contributed by atoms with Crippen LogP contribution in [0, 0.1) is 24.2 Å². The van der Waals surface area contributed by atoms with E-state index in [2.05, 4.69) is 11.1 Å². The Morgan fingerprint density at radius 1 is 1.41 bits per heavy atom. The number of halogens is 1. The summed E-state index contributed by atoms with van der Waals surface area (Å²) in [7, 11) is 0. The van der Waals surface area contributed by atoms with Crippen molar-refractivity contribution in [2.75, 3.05) is 13.1 Å². The zero-order valence-corrected chi connectivity index (χ0v) is 14.4. The van der Waals surface area contributed by atoms with Crippen LogP contribution in [-0.4, -0.2) is 28.9 Å². The quantitative estimate of drug-likeness (QED) is 0.814. The second-order valence-corrected chi connectivity index (χ2v) is 7.95. The number of likely N-dealkylation sites (tertiary alicyclic amines) is 1. The first kappa shape index (κ1) is 15.5. The zero-order chi connectivity index (χ0) is 15.7. The van der Waals surface area contributed by atoms with Gasteiger partial charge in [-0.25, -0.2) is 4.98 Å². The lowest BCUT2D eigenvalue weighted by Gasteiger charge is -2.28. The van der Waals surface area contributed by atoms with Gasteiger partial charge in [-0.3, -0.25) is 4.79 Å². The van der Waals surface area contributed by atoms with Crippen LogP contribution < -0.4 is 0 Å². The van der Waals surface area contributed by atoms with Gasteiger partial charge < -0.3 is 4.90 Å². The lowest BCUT2D eigenvalue weighted by Crippen LogP contribution is -2.38. The molecular weight excluding hydrogens is 338 g/mol. The zero-order valence-electron chi connectivity index (χ0n) is 12.0. The fraction of sp³-hybridized carbons (Fsp3) is 0.400. The maximum Gasteiger partial charge on any atom is 0.265 e. The third-order valence-corrected chi connectivity index (χ3v) is 6.29. The van der Waals surface area contributed by atoms with Crippen LogP contribution in [0.15, 0.2) is 12.1 Å². The highest BCUT2D eigenvalue weighted by molar-refractivity contribution is 7.24. The summed E-state index contributed by atoms with van der Waals surface area (Å²) in [6, 6.07) is 6.05. The second-order valence-electron chi connectivity index (χ2n) is 5.23. The van der Waals surface area contributed by atoms with Gasteiger partial charge in [0.25, 0.3) is 5.91 Å². The number of rotatable bonds is 2. The Balaban J connectivity index is 1.79. The van der Waals surface area contributed by atoms with E-state index in [1.165, 1.54) is 22.7 Å². The number of thiophene rings is 1. The maximum absolute atomic E-state index is 12.7. The molecule has 1 aliphatic rings. The Kier molecular flexibility index (Phi) is 4.48. The lowest BCUT2D eigenvalue weighted by atomic mass is 9.98. The van der Waals surface area contributed by atoms with Crippen LogP contribution in [0.2, 0.25) is 4.34 Å². The van der Waals surface area contributed by atoms with Crippen LogP contribution in [-0.2, 0) is 0 Å². The van der Waals surface area contributed by atoms with Crippen molar-refractivity contribution in [3.63, 3.8) is 0 Å². The Morgan fingerprint density at radius 2 is 2.14 bits per heavy atom. The van der Waals surface area contributed by atoms with Gasteiger partial charge in [0.15, 0.2) is 0 Å². The first-order valence-electron chi connectivity index (χ1n) is 7.00. The smallest absolute Gasteiger partial charge is 0.265 e. The van der Waals surface area contributed by atoms with Crippen LogP contribution in [0.25, 0.3) is 9.88 Å². The molecule has 4 nitrogen and oxygen atoms in total. The summed E-state index contributed by atoms with van der Waals surface area (Å²) in [4.78, 5) is 20.7. The first-order valence-corrected chi connectivity index (χ1v) is 9.01. The van der Waals surface area contributed by atoms with Crippen molar-refractivity contribution < 1.29 is 4.79 Å². The van der Waals surface area contributed by atoms with Gasteiger partial charge in [0, 0.05) is 19.0 Å². The molecular formula is C15H14ClN3OS2. The monoisotopic (exact) mass is 351 g/mol. The highest BCUT2D eigenvalue weighted by Gasteiger charge is 2.26. The largest absolute Gasteiger partial charge is 0.338 e. The summed E-state index contributed by atoms with van der Waals surface area (Å²) >= 11 is 8.85. The number of nitriles is 1. The number of aryl methyl sites for hydroxylation is 1. The van der Waals surface area contributed by atoms with E-state index in [4.69, 9.17) is 16.9 Å². The van der Waals surface area contributed by atoms with Gasteiger partial charge >= 0.3 is 0 Å². The molecule has 0 spiro atoms. The minimum Gasteiger partial charge on any atom is -0.338 e. The predicted octanol–water partition coefficient (Wildman–Crippen LogP) is 4.21. The highest BCUT2D eigenvalue weighted by atomic mass is 35.5. The minimum atomic E-state index is 0.0280. The molecule has 1 amide bonds. The molecule has 0 radical (unpaired) electrons. The molecule has 1 aliphatic heterocycles. The molecule has 114 valence electrons. The number of carbonyl (C=O) groups is 1. The van der Waals surface area contributed by atoms with Crippen LogP contribution in [0.1, 0.15) is 28.2 Å². The molecule has 2 aromatic heterocycles. The van der Waals surface area contributed by atoms with Gasteiger partial charge in [-0.2, -0.15) is 5.26 Å². The van der Waals surface area contributed by atoms with E-state index in [1.54, 1.807) is 0 Å². The summed E-state index contributed by atoms with van der Waals surface area (Å²) in [6.45, 7) is 3.16. The number of nitrogens with zero attached hydrogens (tertiary/aromatic N) is 3. The molecule has 0 saturated carbocycles. The predicted molar refractivity (Wildman–Crippen MR) is 89.4 cm³/mol. The van der Waals surface area contributed by atoms with Gasteiger partial charge in [0.2, 0.25) is 0 Å². The molecule has 3 rings (SSSR count). The van der Waals surface area contributed by atoms with E-state index >= 15 is 0 Å². The molecule has 1 fully saturated rings. The van der Waals surface area contributed by atoms with E-state index in [0.29, 0.717) is 22.3 Å². The van der Waals surface area contributed by atoms with Gasteiger partial charge in [-0.15, -0.1) is 22.7 Å². The summed E-state index contributed by atoms with van der Waals surface area (Å²) in [5.74, 6) is 0.107. The topological polar surface area (TPSA) is 57.0 Å². The maximum atomic E-state index is 12.7. The first-order chi connectivity index (χ1) is 10.6. The van der Waals surface area contributed by atoms with Crippen LogP contribution in [0.3, 0.4) is 0 Å².